The Kier molecular flexibility index (Phi) is 6.75. The van der Waals surface area contributed by atoms with Crippen LogP contribution in [0.15, 0.2) is 6.07 Å². The van der Waals surface area contributed by atoms with Crippen LogP contribution in [0.1, 0.15) is 23.9 Å². The molecule has 17 heavy (non-hydrogen) atoms. The molecule has 4 nitrogen and oxygen atoms in total. The highest BCUT2D eigenvalue weighted by Crippen LogP contribution is 2.21. The van der Waals surface area contributed by atoms with Crippen LogP contribution in [-0.4, -0.2) is 37.2 Å². The molecule has 2 rings (SSSR count). The molecule has 1 aromatic rings. The van der Waals surface area contributed by atoms with E-state index in [-0.39, 0.29) is 24.8 Å². The van der Waals surface area contributed by atoms with E-state index in [1.54, 1.807) is 0 Å². The van der Waals surface area contributed by atoms with Crippen molar-refractivity contribution in [2.75, 3.05) is 32.1 Å². The van der Waals surface area contributed by atoms with Gasteiger partial charge in [-0.15, -0.1) is 24.8 Å². The highest BCUT2D eigenvalue weighted by molar-refractivity contribution is 5.85. The number of nitrogens with one attached hydrogen (secondary N) is 1. The molecule has 0 aliphatic carbocycles. The average molecular weight is 279 g/mol. The minimum atomic E-state index is 0. The van der Waals surface area contributed by atoms with E-state index in [0.29, 0.717) is 5.92 Å². The number of nitrogens with zero attached hydrogens (tertiary/aromatic N) is 3. The summed E-state index contributed by atoms with van der Waals surface area (Å²) < 4.78 is 0. The number of aromatic nitrogens is 2. The first-order valence-corrected chi connectivity index (χ1v) is 5.40. The lowest BCUT2D eigenvalue weighted by Gasteiger charge is -2.15. The molecule has 2 heterocycles. The Morgan fingerprint density at radius 2 is 2.00 bits per heavy atom. The van der Waals surface area contributed by atoms with Crippen LogP contribution in [0.5, 0.6) is 0 Å². The van der Waals surface area contributed by atoms with Crippen LogP contribution in [0.3, 0.4) is 0 Å². The summed E-state index contributed by atoms with van der Waals surface area (Å²) in [5, 5.41) is 3.35. The van der Waals surface area contributed by atoms with Gasteiger partial charge in [0, 0.05) is 38.3 Å². The molecule has 0 saturated carbocycles. The molecule has 6 heteroatoms. The maximum absolute atomic E-state index is 4.59. The molecule has 0 spiro atoms. The SMILES string of the molecule is Cc1cc(N(C)C)nc(C2CCNC2)n1.Cl.Cl. The summed E-state index contributed by atoms with van der Waals surface area (Å²) in [7, 11) is 4.02. The third kappa shape index (κ3) is 3.98. The van der Waals surface area contributed by atoms with Gasteiger partial charge in [0.2, 0.25) is 0 Å². The van der Waals surface area contributed by atoms with Crippen LogP contribution in [0, 0.1) is 6.92 Å². The Morgan fingerprint density at radius 3 is 2.53 bits per heavy atom. The van der Waals surface area contributed by atoms with Gasteiger partial charge in [0.25, 0.3) is 0 Å². The van der Waals surface area contributed by atoms with Crippen molar-refractivity contribution in [3.05, 3.63) is 17.6 Å². The standard InChI is InChI=1S/C11H18N4.2ClH/c1-8-6-10(15(2)3)14-11(13-8)9-4-5-12-7-9;;/h6,9,12H,4-5,7H2,1-3H3;2*1H. The summed E-state index contributed by atoms with van der Waals surface area (Å²) in [4.78, 5) is 11.1. The Balaban J connectivity index is 0.00000128. The smallest absolute Gasteiger partial charge is 0.135 e. The molecule has 1 aromatic heterocycles. The highest BCUT2D eigenvalue weighted by Gasteiger charge is 2.20. The number of halogens is 2. The van der Waals surface area contributed by atoms with Crippen LogP contribution in [0.2, 0.25) is 0 Å². The van der Waals surface area contributed by atoms with Crippen LogP contribution in [0.25, 0.3) is 0 Å². The van der Waals surface area contributed by atoms with Crippen molar-refractivity contribution >= 4 is 30.6 Å². The second-order valence-electron chi connectivity index (χ2n) is 4.31. The number of hydrogen-bond donors (Lipinski definition) is 1. The van der Waals surface area contributed by atoms with Gasteiger partial charge >= 0.3 is 0 Å². The fourth-order valence-electron chi connectivity index (χ4n) is 1.86. The van der Waals surface area contributed by atoms with Gasteiger partial charge in [0.15, 0.2) is 0 Å². The van der Waals surface area contributed by atoms with E-state index in [9.17, 15) is 0 Å². The first-order valence-electron chi connectivity index (χ1n) is 5.40. The van der Waals surface area contributed by atoms with Gasteiger partial charge in [-0.25, -0.2) is 9.97 Å². The minimum Gasteiger partial charge on any atom is -0.363 e. The Bertz CT molecular complexity index is 351. The van der Waals surface area contributed by atoms with E-state index < -0.39 is 0 Å². The molecular formula is C11H20Cl2N4. The lowest BCUT2D eigenvalue weighted by atomic mass is 10.1. The summed E-state index contributed by atoms with van der Waals surface area (Å²) >= 11 is 0. The molecule has 1 aliphatic rings. The Hall–Kier alpha value is -0.580. The fraction of sp³-hybridized carbons (Fsp3) is 0.636. The number of aryl methyl sites for hydroxylation is 1. The normalized spacial score (nSPS) is 18.2. The molecule has 1 aliphatic heterocycles. The molecule has 1 atom stereocenters. The second kappa shape index (κ2) is 6.99. The summed E-state index contributed by atoms with van der Waals surface area (Å²) in [6, 6.07) is 2.02. The van der Waals surface area contributed by atoms with E-state index >= 15 is 0 Å². The fourth-order valence-corrected chi connectivity index (χ4v) is 1.86. The molecule has 1 fully saturated rings. The molecular weight excluding hydrogens is 259 g/mol. The predicted octanol–water partition coefficient (Wildman–Crippen LogP) is 1.77. The molecule has 1 N–H and O–H groups in total. The first-order chi connectivity index (χ1) is 7.16. The van der Waals surface area contributed by atoms with Crippen LogP contribution < -0.4 is 10.2 Å². The zero-order valence-electron chi connectivity index (χ0n) is 10.4. The van der Waals surface area contributed by atoms with Crippen molar-refractivity contribution in [1.82, 2.24) is 15.3 Å². The lowest BCUT2D eigenvalue weighted by Crippen LogP contribution is -2.15. The zero-order valence-corrected chi connectivity index (χ0v) is 12.1. The topological polar surface area (TPSA) is 41.1 Å². The van der Waals surface area contributed by atoms with Crippen molar-refractivity contribution in [1.29, 1.82) is 0 Å². The second-order valence-corrected chi connectivity index (χ2v) is 4.31. The molecule has 0 bridgehead atoms. The number of rotatable bonds is 2. The predicted molar refractivity (Wildman–Crippen MR) is 75.8 cm³/mol. The minimum absolute atomic E-state index is 0. The van der Waals surface area contributed by atoms with Crippen LogP contribution >= 0.6 is 24.8 Å². The van der Waals surface area contributed by atoms with Crippen molar-refractivity contribution in [2.45, 2.75) is 19.3 Å². The van der Waals surface area contributed by atoms with Gasteiger partial charge in [0.1, 0.15) is 11.6 Å². The van der Waals surface area contributed by atoms with Crippen LogP contribution in [0.4, 0.5) is 5.82 Å². The van der Waals surface area contributed by atoms with Crippen molar-refractivity contribution in [3.8, 4) is 0 Å². The van der Waals surface area contributed by atoms with E-state index in [1.165, 1.54) is 0 Å². The summed E-state index contributed by atoms with van der Waals surface area (Å²) in [6.07, 6.45) is 1.15. The van der Waals surface area contributed by atoms with Gasteiger partial charge in [-0.3, -0.25) is 0 Å². The maximum atomic E-state index is 4.59. The molecule has 0 radical (unpaired) electrons. The van der Waals surface area contributed by atoms with Crippen molar-refractivity contribution in [2.24, 2.45) is 0 Å². The van der Waals surface area contributed by atoms with Crippen molar-refractivity contribution in [3.63, 3.8) is 0 Å². The molecule has 1 saturated heterocycles. The summed E-state index contributed by atoms with van der Waals surface area (Å²) in [6.45, 7) is 4.12. The summed E-state index contributed by atoms with van der Waals surface area (Å²) in [5.74, 6) is 2.48. The Morgan fingerprint density at radius 1 is 1.29 bits per heavy atom. The number of hydrogen-bond acceptors (Lipinski definition) is 4. The molecule has 0 aromatic carbocycles. The molecule has 98 valence electrons. The largest absolute Gasteiger partial charge is 0.363 e. The van der Waals surface area contributed by atoms with Gasteiger partial charge < -0.3 is 10.2 Å². The van der Waals surface area contributed by atoms with E-state index in [0.717, 1.165) is 36.8 Å². The van der Waals surface area contributed by atoms with E-state index in [4.69, 9.17) is 0 Å². The Labute approximate surface area is 115 Å². The first kappa shape index (κ1) is 16.4. The quantitative estimate of drug-likeness (QED) is 0.896. The lowest BCUT2D eigenvalue weighted by molar-refractivity contribution is 0.695. The highest BCUT2D eigenvalue weighted by atomic mass is 35.5. The van der Waals surface area contributed by atoms with Crippen molar-refractivity contribution < 1.29 is 0 Å². The average Bonchev–Trinajstić information content (AvgIpc) is 2.69. The van der Waals surface area contributed by atoms with E-state index in [2.05, 4.69) is 15.3 Å². The number of anilines is 1. The molecule has 1 unspecified atom stereocenters. The van der Waals surface area contributed by atoms with Gasteiger partial charge in [0.05, 0.1) is 0 Å². The third-order valence-corrected chi connectivity index (χ3v) is 2.74. The van der Waals surface area contributed by atoms with Crippen LogP contribution in [-0.2, 0) is 0 Å². The van der Waals surface area contributed by atoms with E-state index in [1.807, 2.05) is 32.0 Å². The third-order valence-electron chi connectivity index (χ3n) is 2.74. The maximum Gasteiger partial charge on any atom is 0.135 e. The zero-order chi connectivity index (χ0) is 10.8. The molecule has 0 amide bonds. The van der Waals surface area contributed by atoms with Gasteiger partial charge in [-0.2, -0.15) is 0 Å². The monoisotopic (exact) mass is 278 g/mol. The summed E-state index contributed by atoms with van der Waals surface area (Å²) in [5.41, 5.74) is 1.05. The van der Waals surface area contributed by atoms with Gasteiger partial charge in [-0.1, -0.05) is 0 Å². The van der Waals surface area contributed by atoms with Gasteiger partial charge in [-0.05, 0) is 19.9 Å².